The number of aromatic hydroxyl groups is 1. The van der Waals surface area contributed by atoms with Crippen molar-refractivity contribution in [3.8, 4) is 5.75 Å². The van der Waals surface area contributed by atoms with Crippen molar-refractivity contribution in [1.82, 2.24) is 10.2 Å². The van der Waals surface area contributed by atoms with E-state index < -0.39 is 11.9 Å². The van der Waals surface area contributed by atoms with Gasteiger partial charge in [0.25, 0.3) is 5.91 Å². The fraction of sp³-hybridized carbons (Fsp3) is 0.308. The normalized spacial score (nSPS) is 22.4. The Morgan fingerprint density at radius 1 is 1.26 bits per heavy atom. The summed E-state index contributed by atoms with van der Waals surface area (Å²) in [7, 11) is 0. The van der Waals surface area contributed by atoms with Crippen molar-refractivity contribution < 1.29 is 19.5 Å². The first-order valence-corrected chi connectivity index (χ1v) is 6.03. The van der Waals surface area contributed by atoms with Crippen molar-refractivity contribution in [2.75, 3.05) is 0 Å². The summed E-state index contributed by atoms with van der Waals surface area (Å²) in [6, 6.07) is 3.92. The second kappa shape index (κ2) is 4.08. The van der Waals surface area contributed by atoms with Gasteiger partial charge in [0.2, 0.25) is 11.8 Å². The van der Waals surface area contributed by atoms with E-state index in [0.717, 1.165) is 0 Å². The highest BCUT2D eigenvalue weighted by atomic mass is 16.3. The second-order valence-corrected chi connectivity index (χ2v) is 4.74. The SMILES string of the molecule is O=C1CC[C@H](N2Cc3cc(O)ccc3C2=O)C(=O)N1. The minimum absolute atomic E-state index is 0.0941. The Balaban J connectivity index is 1.87. The zero-order valence-electron chi connectivity index (χ0n) is 10.0. The van der Waals surface area contributed by atoms with Crippen LogP contribution in [-0.4, -0.2) is 33.8 Å². The van der Waals surface area contributed by atoms with Crippen molar-refractivity contribution in [1.29, 1.82) is 0 Å². The van der Waals surface area contributed by atoms with E-state index >= 15 is 0 Å². The molecule has 6 heteroatoms. The lowest BCUT2D eigenvalue weighted by Gasteiger charge is -2.29. The molecule has 0 unspecified atom stereocenters. The lowest BCUT2D eigenvalue weighted by atomic mass is 10.0. The number of hydrogen-bond acceptors (Lipinski definition) is 4. The number of benzene rings is 1. The summed E-state index contributed by atoms with van der Waals surface area (Å²) >= 11 is 0. The van der Waals surface area contributed by atoms with Gasteiger partial charge in [-0.3, -0.25) is 19.7 Å². The number of piperidine rings is 1. The van der Waals surface area contributed by atoms with Crippen molar-refractivity contribution >= 4 is 17.7 Å². The number of carbonyl (C=O) groups is 3. The van der Waals surface area contributed by atoms with Crippen LogP contribution in [0, 0.1) is 0 Å². The third kappa shape index (κ3) is 1.85. The quantitative estimate of drug-likeness (QED) is 0.704. The molecule has 0 saturated carbocycles. The van der Waals surface area contributed by atoms with Gasteiger partial charge in [0.1, 0.15) is 11.8 Å². The largest absolute Gasteiger partial charge is 0.508 e. The minimum Gasteiger partial charge on any atom is -0.508 e. The molecule has 1 aromatic carbocycles. The van der Waals surface area contributed by atoms with E-state index in [1.807, 2.05) is 0 Å². The molecule has 0 spiro atoms. The number of nitrogens with one attached hydrogen (secondary N) is 1. The van der Waals surface area contributed by atoms with Crippen LogP contribution in [0.4, 0.5) is 0 Å². The highest BCUT2D eigenvalue weighted by Gasteiger charge is 2.38. The molecule has 3 rings (SSSR count). The molecule has 2 aliphatic heterocycles. The maximum absolute atomic E-state index is 12.2. The zero-order chi connectivity index (χ0) is 13.6. The summed E-state index contributed by atoms with van der Waals surface area (Å²) in [4.78, 5) is 36.6. The average Bonchev–Trinajstić information content (AvgIpc) is 2.66. The van der Waals surface area contributed by atoms with Crippen LogP contribution in [0.2, 0.25) is 0 Å². The highest BCUT2D eigenvalue weighted by molar-refractivity contribution is 6.05. The molecule has 2 heterocycles. The van der Waals surface area contributed by atoms with Crippen LogP contribution in [0.5, 0.6) is 5.75 Å². The van der Waals surface area contributed by atoms with Crippen molar-refractivity contribution in [3.05, 3.63) is 29.3 Å². The molecule has 6 nitrogen and oxygen atoms in total. The van der Waals surface area contributed by atoms with Gasteiger partial charge in [-0.1, -0.05) is 0 Å². The molecule has 1 atom stereocenters. The van der Waals surface area contributed by atoms with Gasteiger partial charge in [-0.25, -0.2) is 0 Å². The number of rotatable bonds is 1. The Labute approximate surface area is 109 Å². The number of phenolic OH excluding ortho intramolecular Hbond substituents is 1. The molecule has 2 aliphatic rings. The van der Waals surface area contributed by atoms with E-state index in [1.54, 1.807) is 6.07 Å². The maximum Gasteiger partial charge on any atom is 0.255 e. The topological polar surface area (TPSA) is 86.7 Å². The number of hydrogen-bond donors (Lipinski definition) is 2. The van der Waals surface area contributed by atoms with Crippen LogP contribution in [0.3, 0.4) is 0 Å². The summed E-state index contributed by atoms with van der Waals surface area (Å²) in [6.45, 7) is 0.287. The Bertz CT molecular complexity index is 596. The smallest absolute Gasteiger partial charge is 0.255 e. The van der Waals surface area contributed by atoms with Crippen LogP contribution >= 0.6 is 0 Å². The average molecular weight is 260 g/mol. The molecule has 19 heavy (non-hydrogen) atoms. The molecule has 0 aromatic heterocycles. The van der Waals surface area contributed by atoms with Gasteiger partial charge in [-0.2, -0.15) is 0 Å². The molecule has 3 amide bonds. The molecular formula is C13H12N2O4. The van der Waals surface area contributed by atoms with Gasteiger partial charge in [0, 0.05) is 18.5 Å². The number of nitrogens with zero attached hydrogens (tertiary/aromatic N) is 1. The maximum atomic E-state index is 12.2. The Morgan fingerprint density at radius 2 is 2.05 bits per heavy atom. The first-order valence-electron chi connectivity index (χ1n) is 6.03. The summed E-state index contributed by atoms with van der Waals surface area (Å²) in [5, 5.41) is 11.7. The molecule has 0 aliphatic carbocycles. The van der Waals surface area contributed by atoms with Gasteiger partial charge in [0.05, 0.1) is 0 Å². The van der Waals surface area contributed by atoms with E-state index in [1.165, 1.54) is 17.0 Å². The predicted octanol–water partition coefficient (Wildman–Crippen LogP) is 0.153. The molecule has 98 valence electrons. The minimum atomic E-state index is -0.611. The zero-order valence-corrected chi connectivity index (χ0v) is 10.0. The fourth-order valence-corrected chi connectivity index (χ4v) is 2.56. The predicted molar refractivity (Wildman–Crippen MR) is 64.2 cm³/mol. The lowest BCUT2D eigenvalue weighted by Crippen LogP contribution is -2.52. The number of imide groups is 1. The number of amides is 3. The summed E-state index contributed by atoms with van der Waals surface area (Å²) < 4.78 is 0. The highest BCUT2D eigenvalue weighted by Crippen LogP contribution is 2.29. The van der Waals surface area contributed by atoms with Gasteiger partial charge in [-0.15, -0.1) is 0 Å². The van der Waals surface area contributed by atoms with Crippen LogP contribution in [0.25, 0.3) is 0 Å². The van der Waals surface area contributed by atoms with Crippen LogP contribution < -0.4 is 5.32 Å². The van der Waals surface area contributed by atoms with E-state index in [2.05, 4.69) is 5.32 Å². The van der Waals surface area contributed by atoms with E-state index in [0.29, 0.717) is 17.5 Å². The molecule has 2 N–H and O–H groups in total. The molecule has 1 aromatic rings. The fourth-order valence-electron chi connectivity index (χ4n) is 2.56. The molecular weight excluding hydrogens is 248 g/mol. The standard InChI is InChI=1S/C13H12N2O4/c16-8-1-2-9-7(5-8)6-15(13(9)19)10-3-4-11(17)14-12(10)18/h1-2,5,10,16H,3-4,6H2,(H,14,17,18)/t10-/m0/s1. The molecule has 0 bridgehead atoms. The molecule has 0 radical (unpaired) electrons. The first-order chi connectivity index (χ1) is 9.06. The number of phenols is 1. The Kier molecular flexibility index (Phi) is 2.51. The molecule has 1 fully saturated rings. The van der Waals surface area contributed by atoms with Gasteiger partial charge in [0.15, 0.2) is 0 Å². The van der Waals surface area contributed by atoms with Crippen LogP contribution in [0.15, 0.2) is 18.2 Å². The molecule has 1 saturated heterocycles. The van der Waals surface area contributed by atoms with Crippen LogP contribution in [-0.2, 0) is 16.1 Å². The number of carbonyl (C=O) groups excluding carboxylic acids is 3. The Hall–Kier alpha value is -2.37. The van der Waals surface area contributed by atoms with Gasteiger partial charge >= 0.3 is 0 Å². The summed E-state index contributed by atoms with van der Waals surface area (Å²) in [6.07, 6.45) is 0.582. The summed E-state index contributed by atoms with van der Waals surface area (Å²) in [5.74, 6) is -0.870. The monoisotopic (exact) mass is 260 g/mol. The van der Waals surface area contributed by atoms with Gasteiger partial charge < -0.3 is 10.0 Å². The van der Waals surface area contributed by atoms with Crippen molar-refractivity contribution in [2.24, 2.45) is 0 Å². The van der Waals surface area contributed by atoms with Gasteiger partial charge in [-0.05, 0) is 30.2 Å². The van der Waals surface area contributed by atoms with E-state index in [4.69, 9.17) is 0 Å². The second-order valence-electron chi connectivity index (χ2n) is 4.74. The van der Waals surface area contributed by atoms with Crippen molar-refractivity contribution in [2.45, 2.75) is 25.4 Å². The van der Waals surface area contributed by atoms with E-state index in [-0.39, 0.29) is 30.5 Å². The third-order valence-electron chi connectivity index (χ3n) is 3.51. The first kappa shape index (κ1) is 11.7. The number of fused-ring (bicyclic) bond motifs is 1. The summed E-state index contributed by atoms with van der Waals surface area (Å²) in [5.41, 5.74) is 1.21. The van der Waals surface area contributed by atoms with Crippen molar-refractivity contribution in [3.63, 3.8) is 0 Å². The third-order valence-corrected chi connectivity index (χ3v) is 3.51. The van der Waals surface area contributed by atoms with Crippen LogP contribution in [0.1, 0.15) is 28.8 Å². The lowest BCUT2D eigenvalue weighted by molar-refractivity contribution is -0.136. The van der Waals surface area contributed by atoms with E-state index in [9.17, 15) is 19.5 Å². The Morgan fingerprint density at radius 3 is 2.79 bits per heavy atom.